The minimum absolute atomic E-state index is 0.240. The number of hydrogen-bond acceptors (Lipinski definition) is 2. The summed E-state index contributed by atoms with van der Waals surface area (Å²) in [6.07, 6.45) is 0. The maximum atomic E-state index is 13.2. The van der Waals surface area contributed by atoms with Crippen LogP contribution in [0.15, 0.2) is 42.5 Å². The molecule has 4 heteroatoms. The van der Waals surface area contributed by atoms with Crippen LogP contribution in [0.2, 0.25) is 0 Å². The standard InChI is InChI=1S/C16H14FNO2/c1-19-15-6-3-10(9-16(15)20-2)14-8-11-7-12(17)4-5-13(11)18-14/h3-9,18H,1-2H3. The van der Waals surface area contributed by atoms with Gasteiger partial charge in [-0.3, -0.25) is 0 Å². The Morgan fingerprint density at radius 3 is 2.45 bits per heavy atom. The van der Waals surface area contributed by atoms with Crippen LogP contribution >= 0.6 is 0 Å². The Bertz CT molecular complexity index is 764. The van der Waals surface area contributed by atoms with Gasteiger partial charge >= 0.3 is 0 Å². The smallest absolute Gasteiger partial charge is 0.161 e. The monoisotopic (exact) mass is 271 g/mol. The van der Waals surface area contributed by atoms with Crippen LogP contribution in [-0.2, 0) is 0 Å². The molecule has 1 N–H and O–H groups in total. The lowest BCUT2D eigenvalue weighted by molar-refractivity contribution is 0.355. The van der Waals surface area contributed by atoms with Gasteiger partial charge in [0.1, 0.15) is 5.82 Å². The third-order valence-corrected chi connectivity index (χ3v) is 3.28. The van der Waals surface area contributed by atoms with Crippen molar-refractivity contribution in [3.63, 3.8) is 0 Å². The fourth-order valence-corrected chi connectivity index (χ4v) is 2.26. The van der Waals surface area contributed by atoms with Gasteiger partial charge in [0.05, 0.1) is 14.2 Å². The van der Waals surface area contributed by atoms with Gasteiger partial charge in [-0.1, -0.05) is 0 Å². The Morgan fingerprint density at radius 2 is 1.70 bits per heavy atom. The molecule has 0 saturated carbocycles. The molecule has 0 atom stereocenters. The molecule has 0 amide bonds. The highest BCUT2D eigenvalue weighted by molar-refractivity contribution is 5.86. The van der Waals surface area contributed by atoms with Crippen molar-refractivity contribution in [3.8, 4) is 22.8 Å². The van der Waals surface area contributed by atoms with Crippen LogP contribution in [-0.4, -0.2) is 19.2 Å². The molecular formula is C16H14FNO2. The van der Waals surface area contributed by atoms with E-state index in [1.54, 1.807) is 20.3 Å². The lowest BCUT2D eigenvalue weighted by atomic mass is 10.1. The van der Waals surface area contributed by atoms with E-state index in [0.29, 0.717) is 11.5 Å². The highest BCUT2D eigenvalue weighted by Crippen LogP contribution is 2.33. The number of aromatic amines is 1. The van der Waals surface area contributed by atoms with Crippen LogP contribution in [0.25, 0.3) is 22.2 Å². The Hall–Kier alpha value is -2.49. The van der Waals surface area contributed by atoms with Crippen LogP contribution in [0.5, 0.6) is 11.5 Å². The van der Waals surface area contributed by atoms with Crippen molar-refractivity contribution >= 4 is 10.9 Å². The lowest BCUT2D eigenvalue weighted by Gasteiger charge is -2.08. The minimum Gasteiger partial charge on any atom is -0.493 e. The average molecular weight is 271 g/mol. The summed E-state index contributed by atoms with van der Waals surface area (Å²) < 4.78 is 23.7. The zero-order valence-corrected chi connectivity index (χ0v) is 11.2. The molecule has 0 aliphatic carbocycles. The predicted octanol–water partition coefficient (Wildman–Crippen LogP) is 3.99. The van der Waals surface area contributed by atoms with Gasteiger partial charge in [-0.2, -0.15) is 0 Å². The van der Waals surface area contributed by atoms with Crippen LogP contribution in [0, 0.1) is 5.82 Å². The molecule has 0 aliphatic heterocycles. The Morgan fingerprint density at radius 1 is 0.900 bits per heavy atom. The lowest BCUT2D eigenvalue weighted by Crippen LogP contribution is -1.90. The summed E-state index contributed by atoms with van der Waals surface area (Å²) in [6, 6.07) is 12.3. The van der Waals surface area contributed by atoms with Crippen molar-refractivity contribution in [2.24, 2.45) is 0 Å². The SMILES string of the molecule is COc1ccc(-c2cc3cc(F)ccc3[nH]2)cc1OC. The van der Waals surface area contributed by atoms with Gasteiger partial charge in [0, 0.05) is 22.2 Å². The maximum absolute atomic E-state index is 13.2. The topological polar surface area (TPSA) is 34.2 Å². The molecule has 0 fully saturated rings. The first-order valence-corrected chi connectivity index (χ1v) is 6.22. The summed E-state index contributed by atoms with van der Waals surface area (Å²) in [5.74, 6) is 1.10. The summed E-state index contributed by atoms with van der Waals surface area (Å²) >= 11 is 0. The predicted molar refractivity (Wildman–Crippen MR) is 76.8 cm³/mol. The van der Waals surface area contributed by atoms with Gasteiger partial charge < -0.3 is 14.5 Å². The Kier molecular flexibility index (Phi) is 3.06. The maximum Gasteiger partial charge on any atom is 0.161 e. The molecule has 102 valence electrons. The van der Waals surface area contributed by atoms with Gasteiger partial charge in [0.2, 0.25) is 0 Å². The summed E-state index contributed by atoms with van der Waals surface area (Å²) in [6.45, 7) is 0. The molecule has 1 aromatic heterocycles. The molecule has 3 rings (SSSR count). The van der Waals surface area contributed by atoms with Gasteiger partial charge in [-0.25, -0.2) is 4.39 Å². The fourth-order valence-electron chi connectivity index (χ4n) is 2.26. The van der Waals surface area contributed by atoms with E-state index in [2.05, 4.69) is 4.98 Å². The molecule has 0 unspecified atom stereocenters. The zero-order chi connectivity index (χ0) is 14.1. The van der Waals surface area contributed by atoms with E-state index in [4.69, 9.17) is 9.47 Å². The molecule has 20 heavy (non-hydrogen) atoms. The van der Waals surface area contributed by atoms with Crippen molar-refractivity contribution in [1.29, 1.82) is 0 Å². The molecule has 3 aromatic rings. The number of halogens is 1. The molecule has 0 spiro atoms. The molecule has 0 bridgehead atoms. The molecule has 1 heterocycles. The van der Waals surface area contributed by atoms with E-state index < -0.39 is 0 Å². The van der Waals surface area contributed by atoms with Gasteiger partial charge in [-0.15, -0.1) is 0 Å². The number of benzene rings is 2. The summed E-state index contributed by atoms with van der Waals surface area (Å²) in [7, 11) is 3.20. The van der Waals surface area contributed by atoms with Gasteiger partial charge in [0.25, 0.3) is 0 Å². The fraction of sp³-hybridized carbons (Fsp3) is 0.125. The highest BCUT2D eigenvalue weighted by atomic mass is 19.1. The molecular weight excluding hydrogens is 257 g/mol. The van der Waals surface area contributed by atoms with Crippen LogP contribution in [0.1, 0.15) is 0 Å². The summed E-state index contributed by atoms with van der Waals surface area (Å²) in [5, 5.41) is 0.842. The zero-order valence-electron chi connectivity index (χ0n) is 11.2. The third kappa shape index (κ3) is 2.09. The van der Waals surface area contributed by atoms with Crippen LogP contribution in [0.3, 0.4) is 0 Å². The number of ether oxygens (including phenoxy) is 2. The first-order chi connectivity index (χ1) is 9.71. The second-order valence-electron chi connectivity index (χ2n) is 4.48. The molecule has 0 radical (unpaired) electrons. The Balaban J connectivity index is 2.10. The van der Waals surface area contributed by atoms with E-state index in [1.165, 1.54) is 12.1 Å². The molecule has 2 aromatic carbocycles. The second-order valence-corrected chi connectivity index (χ2v) is 4.48. The van der Waals surface area contributed by atoms with Crippen LogP contribution in [0.4, 0.5) is 4.39 Å². The number of hydrogen-bond donors (Lipinski definition) is 1. The largest absolute Gasteiger partial charge is 0.493 e. The first kappa shape index (κ1) is 12.5. The van der Waals surface area contributed by atoms with Gasteiger partial charge in [0.15, 0.2) is 11.5 Å². The van der Waals surface area contributed by atoms with Crippen molar-refractivity contribution in [2.45, 2.75) is 0 Å². The third-order valence-electron chi connectivity index (χ3n) is 3.28. The van der Waals surface area contributed by atoms with E-state index in [1.807, 2.05) is 24.3 Å². The number of methoxy groups -OCH3 is 2. The number of H-pyrrole nitrogens is 1. The van der Waals surface area contributed by atoms with E-state index >= 15 is 0 Å². The summed E-state index contributed by atoms with van der Waals surface area (Å²) in [5.41, 5.74) is 2.77. The quantitative estimate of drug-likeness (QED) is 0.781. The van der Waals surface area contributed by atoms with E-state index in [9.17, 15) is 4.39 Å². The van der Waals surface area contributed by atoms with E-state index in [0.717, 1.165) is 22.2 Å². The normalized spacial score (nSPS) is 10.8. The van der Waals surface area contributed by atoms with Crippen molar-refractivity contribution in [1.82, 2.24) is 4.98 Å². The highest BCUT2D eigenvalue weighted by Gasteiger charge is 2.08. The summed E-state index contributed by atoms with van der Waals surface area (Å²) in [4.78, 5) is 3.26. The molecule has 0 saturated heterocycles. The molecule has 3 nitrogen and oxygen atoms in total. The number of nitrogens with one attached hydrogen (secondary N) is 1. The average Bonchev–Trinajstić information content (AvgIpc) is 2.89. The van der Waals surface area contributed by atoms with Gasteiger partial charge in [-0.05, 0) is 42.5 Å². The van der Waals surface area contributed by atoms with Crippen molar-refractivity contribution < 1.29 is 13.9 Å². The van der Waals surface area contributed by atoms with E-state index in [-0.39, 0.29) is 5.82 Å². The minimum atomic E-state index is -0.240. The first-order valence-electron chi connectivity index (χ1n) is 6.22. The molecule has 0 aliphatic rings. The van der Waals surface area contributed by atoms with Crippen LogP contribution < -0.4 is 9.47 Å². The van der Waals surface area contributed by atoms with Crippen molar-refractivity contribution in [3.05, 3.63) is 48.3 Å². The number of fused-ring (bicyclic) bond motifs is 1. The van der Waals surface area contributed by atoms with Crippen molar-refractivity contribution in [2.75, 3.05) is 14.2 Å². The second kappa shape index (κ2) is 4.89. The number of aromatic nitrogens is 1. The Labute approximate surface area is 116 Å². The number of rotatable bonds is 3.